The van der Waals surface area contributed by atoms with Gasteiger partial charge in [-0.2, -0.15) is 9.29 Å². The van der Waals surface area contributed by atoms with Gasteiger partial charge in [-0.3, -0.25) is 4.79 Å². The molecule has 0 radical (unpaired) electrons. The highest BCUT2D eigenvalue weighted by atomic mass is 32.2. The summed E-state index contributed by atoms with van der Waals surface area (Å²) < 4.78 is 33.7. The summed E-state index contributed by atoms with van der Waals surface area (Å²) in [6, 6.07) is 6.14. The molecule has 3 rings (SSSR count). The third-order valence-corrected chi connectivity index (χ3v) is 6.63. The summed E-state index contributed by atoms with van der Waals surface area (Å²) in [4.78, 5) is 21.3. The number of methoxy groups -OCH3 is 1. The molecule has 0 aliphatic heterocycles. The second-order valence-corrected chi connectivity index (χ2v) is 8.53. The van der Waals surface area contributed by atoms with Gasteiger partial charge in [0, 0.05) is 24.5 Å². The first-order valence-electron chi connectivity index (χ1n) is 9.41. The smallest absolute Gasteiger partial charge is 0.295 e. The minimum atomic E-state index is -3.70. The fraction of sp³-hybridized carbons (Fsp3) is 0.368. The zero-order valence-corrected chi connectivity index (χ0v) is 18.3. The maximum atomic E-state index is 12.8. The quantitative estimate of drug-likeness (QED) is 0.607. The van der Waals surface area contributed by atoms with E-state index in [1.807, 2.05) is 19.9 Å². The average molecular weight is 433 g/mol. The molecule has 0 aliphatic carbocycles. The van der Waals surface area contributed by atoms with Crippen LogP contribution in [0.3, 0.4) is 0 Å². The van der Waals surface area contributed by atoms with E-state index < -0.39 is 15.9 Å². The largest absolute Gasteiger partial charge is 0.495 e. The Balaban J connectivity index is 1.97. The van der Waals surface area contributed by atoms with Gasteiger partial charge < -0.3 is 10.1 Å². The highest BCUT2D eigenvalue weighted by Crippen LogP contribution is 2.29. The van der Waals surface area contributed by atoms with Crippen molar-refractivity contribution in [1.82, 2.24) is 23.9 Å². The van der Waals surface area contributed by atoms with Crippen molar-refractivity contribution >= 4 is 27.4 Å². The van der Waals surface area contributed by atoms with Crippen molar-refractivity contribution in [3.8, 4) is 5.75 Å². The van der Waals surface area contributed by atoms with Gasteiger partial charge in [-0.1, -0.05) is 13.8 Å². The van der Waals surface area contributed by atoms with Gasteiger partial charge in [0.25, 0.3) is 11.7 Å². The van der Waals surface area contributed by atoms with E-state index in [0.717, 1.165) is 11.4 Å². The van der Waals surface area contributed by atoms with Crippen LogP contribution >= 0.6 is 0 Å². The molecule has 0 atom stereocenters. The molecule has 3 aromatic rings. The molecule has 0 saturated carbocycles. The number of amides is 1. The molecule has 10 nitrogen and oxygen atoms in total. The number of sulfonamides is 1. The summed E-state index contributed by atoms with van der Waals surface area (Å²) in [6.07, 6.45) is 0. The summed E-state index contributed by atoms with van der Waals surface area (Å²) in [5.74, 6) is -0.0678. The van der Waals surface area contributed by atoms with E-state index in [0.29, 0.717) is 24.6 Å². The molecule has 0 fully saturated rings. The van der Waals surface area contributed by atoms with Gasteiger partial charge in [-0.05, 0) is 38.1 Å². The number of hydrogen-bond acceptors (Lipinski definition) is 7. The zero-order valence-electron chi connectivity index (χ0n) is 17.5. The molecule has 1 amide bonds. The summed E-state index contributed by atoms with van der Waals surface area (Å²) >= 11 is 0. The molecule has 0 aliphatic rings. The first-order chi connectivity index (χ1) is 14.2. The van der Waals surface area contributed by atoms with Gasteiger partial charge in [-0.15, -0.1) is 5.10 Å². The van der Waals surface area contributed by atoms with Crippen LogP contribution in [0.15, 0.2) is 29.2 Å². The lowest BCUT2D eigenvalue weighted by molar-refractivity contribution is 0.101. The van der Waals surface area contributed by atoms with Crippen LogP contribution in [0.4, 0.5) is 5.69 Å². The molecule has 11 heteroatoms. The normalized spacial score (nSPS) is 11.8. The molecule has 2 aromatic heterocycles. The van der Waals surface area contributed by atoms with Crippen LogP contribution in [0.5, 0.6) is 5.75 Å². The molecular formula is C19H24N6O4S. The number of nitrogens with zero attached hydrogens (tertiary/aromatic N) is 5. The first kappa shape index (κ1) is 21.7. The number of fused-ring (bicyclic) bond motifs is 1. The zero-order chi connectivity index (χ0) is 22.1. The molecular weight excluding hydrogens is 408 g/mol. The number of ether oxygens (including phenoxy) is 1. The van der Waals surface area contributed by atoms with Crippen molar-refractivity contribution in [1.29, 1.82) is 0 Å². The standard InChI is InChI=1S/C19H24N6O4S/c1-6-24(7-2)30(27,28)14-8-9-16(29-5)15(11-14)21-18(26)17-22-19-20-12(3)10-13(4)25(19)23-17/h8-11H,6-7H2,1-5H3,(H,21,26). The van der Waals surface area contributed by atoms with Crippen LogP contribution < -0.4 is 10.1 Å². The highest BCUT2D eigenvalue weighted by molar-refractivity contribution is 7.89. The van der Waals surface area contributed by atoms with Gasteiger partial charge in [0.1, 0.15) is 5.75 Å². The van der Waals surface area contributed by atoms with Crippen LogP contribution in [0.2, 0.25) is 0 Å². The Labute approximate surface area is 174 Å². The van der Waals surface area contributed by atoms with Gasteiger partial charge in [0.05, 0.1) is 17.7 Å². The minimum Gasteiger partial charge on any atom is -0.495 e. The van der Waals surface area contributed by atoms with Crippen molar-refractivity contribution in [3.63, 3.8) is 0 Å². The van der Waals surface area contributed by atoms with Gasteiger partial charge in [0.15, 0.2) is 0 Å². The van der Waals surface area contributed by atoms with Crippen LogP contribution in [0.25, 0.3) is 5.78 Å². The van der Waals surface area contributed by atoms with Gasteiger partial charge in [0.2, 0.25) is 15.8 Å². The lowest BCUT2D eigenvalue weighted by Gasteiger charge is -2.19. The lowest BCUT2D eigenvalue weighted by atomic mass is 10.3. The Kier molecular flexibility index (Phi) is 6.04. The molecule has 0 saturated heterocycles. The maximum Gasteiger partial charge on any atom is 0.295 e. The Morgan fingerprint density at radius 3 is 2.50 bits per heavy atom. The molecule has 1 aromatic carbocycles. The van der Waals surface area contributed by atoms with E-state index in [-0.39, 0.29) is 16.4 Å². The van der Waals surface area contributed by atoms with Crippen molar-refractivity contribution < 1.29 is 17.9 Å². The predicted octanol–water partition coefficient (Wildman–Crippen LogP) is 2.03. The average Bonchev–Trinajstić information content (AvgIpc) is 3.13. The molecule has 0 bridgehead atoms. The monoisotopic (exact) mass is 432 g/mol. The second-order valence-electron chi connectivity index (χ2n) is 6.59. The van der Waals surface area contributed by atoms with Crippen molar-refractivity contribution in [2.45, 2.75) is 32.6 Å². The third-order valence-electron chi connectivity index (χ3n) is 4.58. The van der Waals surface area contributed by atoms with Crippen molar-refractivity contribution in [2.24, 2.45) is 0 Å². The fourth-order valence-corrected chi connectivity index (χ4v) is 4.58. The van der Waals surface area contributed by atoms with E-state index in [9.17, 15) is 13.2 Å². The number of carbonyl (C=O) groups excluding carboxylic acids is 1. The van der Waals surface area contributed by atoms with Crippen LogP contribution in [0.1, 0.15) is 35.9 Å². The number of benzene rings is 1. The maximum absolute atomic E-state index is 12.8. The number of hydrogen-bond donors (Lipinski definition) is 1. The Hall–Kier alpha value is -3.05. The topological polar surface area (TPSA) is 119 Å². The number of aromatic nitrogens is 4. The van der Waals surface area contributed by atoms with E-state index in [2.05, 4.69) is 20.4 Å². The molecule has 30 heavy (non-hydrogen) atoms. The molecule has 160 valence electrons. The van der Waals surface area contributed by atoms with Crippen LogP contribution in [-0.4, -0.2) is 58.4 Å². The Bertz CT molecular complexity index is 1200. The number of aryl methyl sites for hydroxylation is 2. The Morgan fingerprint density at radius 1 is 1.17 bits per heavy atom. The number of nitrogens with one attached hydrogen (secondary N) is 1. The fourth-order valence-electron chi connectivity index (χ4n) is 3.10. The lowest BCUT2D eigenvalue weighted by Crippen LogP contribution is -2.30. The van der Waals surface area contributed by atoms with E-state index in [1.54, 1.807) is 13.8 Å². The van der Waals surface area contributed by atoms with E-state index >= 15 is 0 Å². The predicted molar refractivity (Wildman–Crippen MR) is 111 cm³/mol. The van der Waals surface area contributed by atoms with Gasteiger partial charge in [-0.25, -0.2) is 17.9 Å². The van der Waals surface area contributed by atoms with Crippen molar-refractivity contribution in [3.05, 3.63) is 41.5 Å². The molecule has 1 N–H and O–H groups in total. The second kappa shape index (κ2) is 8.36. The summed E-state index contributed by atoms with van der Waals surface area (Å²) in [5.41, 5.74) is 1.75. The van der Waals surface area contributed by atoms with E-state index in [4.69, 9.17) is 4.74 Å². The number of carbonyl (C=O) groups is 1. The minimum absolute atomic E-state index is 0.0541. The molecule has 2 heterocycles. The Morgan fingerprint density at radius 2 is 1.87 bits per heavy atom. The third kappa shape index (κ3) is 3.98. The van der Waals surface area contributed by atoms with Gasteiger partial charge >= 0.3 is 0 Å². The number of rotatable bonds is 7. The summed E-state index contributed by atoms with van der Waals surface area (Å²) in [5, 5.41) is 6.84. The molecule has 0 spiro atoms. The molecule has 0 unspecified atom stereocenters. The summed E-state index contributed by atoms with van der Waals surface area (Å²) in [6.45, 7) is 7.86. The highest BCUT2D eigenvalue weighted by Gasteiger charge is 2.24. The van der Waals surface area contributed by atoms with Crippen LogP contribution in [-0.2, 0) is 10.0 Å². The van der Waals surface area contributed by atoms with Crippen molar-refractivity contribution in [2.75, 3.05) is 25.5 Å². The first-order valence-corrected chi connectivity index (χ1v) is 10.9. The van der Waals surface area contributed by atoms with E-state index in [1.165, 1.54) is 34.1 Å². The SMILES string of the molecule is CCN(CC)S(=O)(=O)c1ccc(OC)c(NC(=O)c2nc3nc(C)cc(C)n3n2)c1. The summed E-state index contributed by atoms with van der Waals surface area (Å²) in [7, 11) is -2.27. The number of anilines is 1. The van der Waals surface area contributed by atoms with Crippen LogP contribution in [0, 0.1) is 13.8 Å².